The SMILES string of the molecule is CCCC(C(=O)N(C)c1cc(F)ccc1N(C)CC=O)N(C=O)c1cc(C(F)(F)F)cc(C)n1. The molecule has 0 aliphatic rings. The van der Waals surface area contributed by atoms with Crippen LogP contribution in [0.4, 0.5) is 34.8 Å². The average Bonchev–Trinajstić information content (AvgIpc) is 2.77. The molecule has 2 amide bonds. The lowest BCUT2D eigenvalue weighted by atomic mass is 10.1. The van der Waals surface area contributed by atoms with Crippen LogP contribution < -0.4 is 14.7 Å². The van der Waals surface area contributed by atoms with E-state index in [9.17, 15) is 31.9 Å². The van der Waals surface area contributed by atoms with Gasteiger partial charge in [-0.1, -0.05) is 13.3 Å². The largest absolute Gasteiger partial charge is 0.416 e. The molecular weight excluding hydrogens is 456 g/mol. The Morgan fingerprint density at radius 1 is 1.12 bits per heavy atom. The van der Waals surface area contributed by atoms with Gasteiger partial charge in [-0.05, 0) is 43.7 Å². The Bertz CT molecular complexity index is 1050. The number of aldehydes is 1. The number of rotatable bonds is 10. The number of anilines is 3. The second-order valence-corrected chi connectivity index (χ2v) is 7.75. The molecule has 1 aromatic heterocycles. The number of likely N-dealkylation sites (N-methyl/N-ethyl adjacent to an activating group) is 2. The lowest BCUT2D eigenvalue weighted by Gasteiger charge is -2.32. The minimum absolute atomic E-state index is 0.0209. The van der Waals surface area contributed by atoms with E-state index in [0.29, 0.717) is 24.5 Å². The zero-order chi connectivity index (χ0) is 25.6. The van der Waals surface area contributed by atoms with Crippen molar-refractivity contribution >= 4 is 35.8 Å². The first kappa shape index (κ1) is 26.7. The fourth-order valence-corrected chi connectivity index (χ4v) is 3.53. The molecule has 0 saturated heterocycles. The number of pyridine rings is 1. The Morgan fingerprint density at radius 2 is 1.79 bits per heavy atom. The topological polar surface area (TPSA) is 73.8 Å². The maximum Gasteiger partial charge on any atom is 0.416 e. The molecule has 1 unspecified atom stereocenters. The molecule has 0 saturated carbocycles. The summed E-state index contributed by atoms with van der Waals surface area (Å²) in [4.78, 5) is 44.0. The smallest absolute Gasteiger partial charge is 0.366 e. The molecule has 0 aliphatic heterocycles. The van der Waals surface area contributed by atoms with Gasteiger partial charge >= 0.3 is 6.18 Å². The van der Waals surface area contributed by atoms with Gasteiger partial charge in [0, 0.05) is 19.8 Å². The molecule has 0 bridgehead atoms. The molecule has 1 heterocycles. The van der Waals surface area contributed by atoms with Crippen molar-refractivity contribution in [1.29, 1.82) is 0 Å². The Balaban J connectivity index is 2.53. The number of aryl methyl sites for hydroxylation is 1. The number of benzene rings is 1. The zero-order valence-corrected chi connectivity index (χ0v) is 19.3. The summed E-state index contributed by atoms with van der Waals surface area (Å²) < 4.78 is 54.0. The molecule has 11 heteroatoms. The Kier molecular flexibility index (Phi) is 8.72. The van der Waals surface area contributed by atoms with Gasteiger partial charge in [0.15, 0.2) is 0 Å². The summed E-state index contributed by atoms with van der Waals surface area (Å²) in [6.07, 6.45) is -3.22. The van der Waals surface area contributed by atoms with E-state index in [2.05, 4.69) is 4.98 Å². The van der Waals surface area contributed by atoms with Gasteiger partial charge in [-0.2, -0.15) is 13.2 Å². The minimum Gasteiger partial charge on any atom is -0.366 e. The number of aromatic nitrogens is 1. The van der Waals surface area contributed by atoms with Crippen LogP contribution >= 0.6 is 0 Å². The summed E-state index contributed by atoms with van der Waals surface area (Å²) in [7, 11) is 2.95. The Hall–Kier alpha value is -3.50. The molecule has 0 spiro atoms. The molecule has 34 heavy (non-hydrogen) atoms. The Labute approximate surface area is 195 Å². The van der Waals surface area contributed by atoms with Gasteiger partial charge in [-0.3, -0.25) is 14.5 Å². The van der Waals surface area contributed by atoms with Gasteiger partial charge in [-0.15, -0.1) is 0 Å². The highest BCUT2D eigenvalue weighted by atomic mass is 19.4. The summed E-state index contributed by atoms with van der Waals surface area (Å²) in [5.74, 6) is -1.61. The third-order valence-electron chi connectivity index (χ3n) is 5.22. The van der Waals surface area contributed by atoms with Gasteiger partial charge in [0.1, 0.15) is 24.0 Å². The Morgan fingerprint density at radius 3 is 2.35 bits per heavy atom. The second kappa shape index (κ2) is 11.1. The van der Waals surface area contributed by atoms with Gasteiger partial charge in [0.05, 0.1) is 23.5 Å². The number of amides is 2. The van der Waals surface area contributed by atoms with E-state index in [4.69, 9.17) is 0 Å². The second-order valence-electron chi connectivity index (χ2n) is 7.75. The molecule has 0 N–H and O–H groups in total. The van der Waals surface area contributed by atoms with Crippen LogP contribution in [-0.4, -0.2) is 50.3 Å². The fourth-order valence-electron chi connectivity index (χ4n) is 3.53. The van der Waals surface area contributed by atoms with Crippen molar-refractivity contribution in [3.8, 4) is 0 Å². The average molecular weight is 482 g/mol. The molecule has 7 nitrogen and oxygen atoms in total. The molecule has 1 aromatic carbocycles. The summed E-state index contributed by atoms with van der Waals surface area (Å²) in [5, 5.41) is 0. The monoisotopic (exact) mass is 482 g/mol. The fraction of sp³-hybridized carbons (Fsp3) is 0.391. The third kappa shape index (κ3) is 6.09. The quantitative estimate of drug-likeness (QED) is 0.378. The molecule has 0 radical (unpaired) electrons. The van der Waals surface area contributed by atoms with Gasteiger partial charge < -0.3 is 14.6 Å². The third-order valence-corrected chi connectivity index (χ3v) is 5.22. The van der Waals surface area contributed by atoms with Gasteiger partial charge in [0.25, 0.3) is 0 Å². The van der Waals surface area contributed by atoms with E-state index >= 15 is 0 Å². The highest BCUT2D eigenvalue weighted by Gasteiger charge is 2.35. The van der Waals surface area contributed by atoms with Crippen LogP contribution in [0.15, 0.2) is 30.3 Å². The maximum atomic E-state index is 14.1. The summed E-state index contributed by atoms with van der Waals surface area (Å²) in [5.41, 5.74) is -0.462. The van der Waals surface area contributed by atoms with E-state index in [1.807, 2.05) is 0 Å². The number of hydrogen-bond acceptors (Lipinski definition) is 5. The molecule has 0 fully saturated rings. The van der Waals surface area contributed by atoms with Crippen molar-refractivity contribution in [1.82, 2.24) is 4.98 Å². The van der Waals surface area contributed by atoms with E-state index in [0.717, 1.165) is 21.9 Å². The number of alkyl halides is 3. The lowest BCUT2D eigenvalue weighted by molar-refractivity contribution is -0.137. The van der Waals surface area contributed by atoms with Gasteiger partial charge in [-0.25, -0.2) is 9.37 Å². The number of carbonyl (C=O) groups is 3. The molecule has 2 rings (SSSR count). The predicted molar refractivity (Wildman–Crippen MR) is 120 cm³/mol. The van der Waals surface area contributed by atoms with Crippen molar-refractivity contribution in [3.05, 3.63) is 47.4 Å². The van der Waals surface area contributed by atoms with E-state index in [1.54, 1.807) is 14.0 Å². The summed E-state index contributed by atoms with van der Waals surface area (Å²) >= 11 is 0. The van der Waals surface area contributed by atoms with E-state index < -0.39 is 29.5 Å². The number of hydrogen-bond donors (Lipinski definition) is 0. The van der Waals surface area contributed by atoms with Crippen molar-refractivity contribution in [2.45, 2.75) is 38.9 Å². The van der Waals surface area contributed by atoms with E-state index in [1.165, 1.54) is 31.0 Å². The van der Waals surface area contributed by atoms with Crippen LogP contribution in [0.5, 0.6) is 0 Å². The summed E-state index contributed by atoms with van der Waals surface area (Å²) in [6, 6.07) is 4.04. The number of nitrogens with zero attached hydrogens (tertiary/aromatic N) is 4. The first-order chi connectivity index (χ1) is 15.9. The van der Waals surface area contributed by atoms with Crippen LogP contribution in [0.1, 0.15) is 31.0 Å². The first-order valence-electron chi connectivity index (χ1n) is 10.5. The molecule has 0 aliphatic carbocycles. The zero-order valence-electron chi connectivity index (χ0n) is 19.3. The maximum absolute atomic E-state index is 14.1. The van der Waals surface area contributed by atoms with Crippen LogP contribution in [-0.2, 0) is 20.6 Å². The van der Waals surface area contributed by atoms with Crippen LogP contribution in [0.3, 0.4) is 0 Å². The normalized spacial score (nSPS) is 12.1. The molecular formula is C23H26F4N4O3. The molecule has 184 valence electrons. The van der Waals surface area contributed by atoms with Crippen molar-refractivity contribution in [2.75, 3.05) is 35.3 Å². The highest BCUT2D eigenvalue weighted by Crippen LogP contribution is 2.33. The van der Waals surface area contributed by atoms with Crippen molar-refractivity contribution in [2.24, 2.45) is 0 Å². The first-order valence-corrected chi connectivity index (χ1v) is 10.5. The lowest BCUT2D eigenvalue weighted by Crippen LogP contribution is -2.48. The van der Waals surface area contributed by atoms with Crippen molar-refractivity contribution in [3.63, 3.8) is 0 Å². The van der Waals surface area contributed by atoms with Crippen LogP contribution in [0.2, 0.25) is 0 Å². The minimum atomic E-state index is -4.67. The van der Waals surface area contributed by atoms with Gasteiger partial charge in [0.2, 0.25) is 12.3 Å². The predicted octanol–water partition coefficient (Wildman–Crippen LogP) is 3.98. The number of carbonyl (C=O) groups excluding carboxylic acids is 3. The molecule has 1 atom stereocenters. The van der Waals surface area contributed by atoms with Crippen molar-refractivity contribution < 1.29 is 31.9 Å². The van der Waals surface area contributed by atoms with E-state index in [-0.39, 0.29) is 36.6 Å². The standard InChI is InChI=1S/C23H26F4N4O3/c1-5-6-19(31(14-33)21-12-16(23(25,26)27)11-15(2)28-21)22(34)30(4)20-13-17(24)7-8-18(20)29(3)9-10-32/h7-8,10-14,19H,5-6,9H2,1-4H3. The number of halogens is 4. The highest BCUT2D eigenvalue weighted by molar-refractivity contribution is 6.03. The van der Waals surface area contributed by atoms with Crippen LogP contribution in [0, 0.1) is 12.7 Å². The molecule has 2 aromatic rings. The summed E-state index contributed by atoms with van der Waals surface area (Å²) in [6.45, 7) is 3.08. The van der Waals surface area contributed by atoms with Crippen LogP contribution in [0.25, 0.3) is 0 Å².